The predicted octanol–water partition coefficient (Wildman–Crippen LogP) is 2.43. The second kappa shape index (κ2) is 4.70. The number of aliphatic hydroxyl groups is 1. The Hall–Kier alpha value is -1.81. The van der Waals surface area contributed by atoms with Crippen LogP contribution < -0.4 is 10.1 Å². The number of hydrogen-bond donors (Lipinski definition) is 2. The molecule has 0 saturated heterocycles. The molecule has 4 heteroatoms. The molecular weight excluding hydrogens is 240 g/mol. The van der Waals surface area contributed by atoms with E-state index in [1.807, 2.05) is 24.3 Å². The predicted molar refractivity (Wildman–Crippen MR) is 75.5 cm³/mol. The highest BCUT2D eigenvalue weighted by Gasteiger charge is 2.41. The van der Waals surface area contributed by atoms with E-state index in [1.165, 1.54) is 0 Å². The molecule has 1 saturated carbocycles. The molecule has 1 aliphatic carbocycles. The van der Waals surface area contributed by atoms with Crippen LogP contribution in [0.1, 0.15) is 12.8 Å². The molecule has 0 atom stereocenters. The lowest BCUT2D eigenvalue weighted by atomic mass is 10.1. The lowest BCUT2D eigenvalue weighted by Gasteiger charge is -2.14. The topological polar surface area (TPSA) is 54.4 Å². The van der Waals surface area contributed by atoms with Gasteiger partial charge in [-0.3, -0.25) is 0 Å². The van der Waals surface area contributed by atoms with E-state index in [0.29, 0.717) is 0 Å². The van der Waals surface area contributed by atoms with Gasteiger partial charge in [0, 0.05) is 23.5 Å². The van der Waals surface area contributed by atoms with E-state index < -0.39 is 0 Å². The number of hydrogen-bond acceptors (Lipinski definition) is 4. The van der Waals surface area contributed by atoms with Crippen LogP contribution in [0.5, 0.6) is 5.75 Å². The lowest BCUT2D eigenvalue weighted by molar-refractivity contribution is 0.219. The zero-order chi connectivity index (χ0) is 13.3. The first-order valence-electron chi connectivity index (χ1n) is 6.54. The molecule has 2 aromatic rings. The number of rotatable bonds is 5. The Kier molecular flexibility index (Phi) is 3.03. The Morgan fingerprint density at radius 3 is 2.89 bits per heavy atom. The summed E-state index contributed by atoms with van der Waals surface area (Å²) in [5.74, 6) is 1.72. The molecule has 0 radical (unpaired) electrons. The van der Waals surface area contributed by atoms with Gasteiger partial charge in [-0.25, -0.2) is 4.98 Å². The highest BCUT2D eigenvalue weighted by Crippen LogP contribution is 2.45. The third-order valence-electron chi connectivity index (χ3n) is 3.89. The highest BCUT2D eigenvalue weighted by molar-refractivity contribution is 5.92. The van der Waals surface area contributed by atoms with E-state index in [1.54, 1.807) is 13.3 Å². The molecule has 1 aromatic heterocycles. The van der Waals surface area contributed by atoms with E-state index in [9.17, 15) is 5.11 Å². The number of nitrogens with zero attached hydrogens (tertiary/aromatic N) is 1. The number of methoxy groups -OCH3 is 1. The summed E-state index contributed by atoms with van der Waals surface area (Å²) >= 11 is 0. The van der Waals surface area contributed by atoms with E-state index in [4.69, 9.17) is 4.74 Å². The van der Waals surface area contributed by atoms with Gasteiger partial charge in [0.05, 0.1) is 13.7 Å². The molecular formula is C15H18N2O2. The Labute approximate surface area is 112 Å². The van der Waals surface area contributed by atoms with E-state index in [-0.39, 0.29) is 12.0 Å². The molecule has 0 aliphatic heterocycles. The van der Waals surface area contributed by atoms with Crippen molar-refractivity contribution >= 4 is 16.6 Å². The zero-order valence-electron chi connectivity index (χ0n) is 11.0. The first-order valence-corrected chi connectivity index (χ1v) is 6.54. The standard InChI is InChI=1S/C15H18N2O2/c1-19-12-2-3-13-11(8-12)4-7-16-14(13)17-9-15(10-18)5-6-15/h2-4,7-8,18H,5-6,9-10H2,1H3,(H,16,17). The summed E-state index contributed by atoms with van der Waals surface area (Å²) in [6.07, 6.45) is 3.98. The van der Waals surface area contributed by atoms with Crippen LogP contribution in [-0.4, -0.2) is 30.4 Å². The minimum atomic E-state index is 0.0797. The van der Waals surface area contributed by atoms with Gasteiger partial charge in [0.25, 0.3) is 0 Å². The Morgan fingerprint density at radius 1 is 1.37 bits per heavy atom. The maximum atomic E-state index is 9.34. The smallest absolute Gasteiger partial charge is 0.133 e. The number of aromatic nitrogens is 1. The van der Waals surface area contributed by atoms with Crippen LogP contribution >= 0.6 is 0 Å². The first-order chi connectivity index (χ1) is 9.26. The van der Waals surface area contributed by atoms with E-state index in [0.717, 1.165) is 41.7 Å². The van der Waals surface area contributed by atoms with Gasteiger partial charge in [-0.05, 0) is 42.5 Å². The summed E-state index contributed by atoms with van der Waals surface area (Å²) in [5.41, 5.74) is 0.0797. The fraction of sp³-hybridized carbons (Fsp3) is 0.400. The molecule has 4 nitrogen and oxygen atoms in total. The van der Waals surface area contributed by atoms with Gasteiger partial charge < -0.3 is 15.2 Å². The normalized spacial score (nSPS) is 16.3. The molecule has 0 bridgehead atoms. The second-order valence-electron chi connectivity index (χ2n) is 5.26. The Bertz CT molecular complexity index is 594. The van der Waals surface area contributed by atoms with Gasteiger partial charge in [-0.2, -0.15) is 0 Å². The zero-order valence-corrected chi connectivity index (χ0v) is 11.0. The molecule has 0 spiro atoms. The first kappa shape index (κ1) is 12.2. The van der Waals surface area contributed by atoms with Crippen molar-refractivity contribution in [3.8, 4) is 5.75 Å². The largest absolute Gasteiger partial charge is 0.497 e. The van der Waals surface area contributed by atoms with Gasteiger partial charge in [-0.1, -0.05) is 0 Å². The van der Waals surface area contributed by atoms with Crippen LogP contribution in [0.15, 0.2) is 30.5 Å². The summed E-state index contributed by atoms with van der Waals surface area (Å²) in [7, 11) is 1.67. The summed E-state index contributed by atoms with van der Waals surface area (Å²) in [5, 5.41) is 14.9. The van der Waals surface area contributed by atoms with Crippen LogP contribution in [0, 0.1) is 5.41 Å². The number of aliphatic hydroxyl groups excluding tert-OH is 1. The molecule has 1 heterocycles. The molecule has 19 heavy (non-hydrogen) atoms. The van der Waals surface area contributed by atoms with Crippen molar-refractivity contribution < 1.29 is 9.84 Å². The van der Waals surface area contributed by atoms with Gasteiger partial charge in [0.1, 0.15) is 11.6 Å². The van der Waals surface area contributed by atoms with Gasteiger partial charge in [-0.15, -0.1) is 0 Å². The molecule has 1 fully saturated rings. The van der Waals surface area contributed by atoms with Gasteiger partial charge in [0.15, 0.2) is 0 Å². The molecule has 1 aliphatic rings. The van der Waals surface area contributed by atoms with Gasteiger partial charge in [0.2, 0.25) is 0 Å². The average Bonchev–Trinajstić information content (AvgIpc) is 3.25. The molecule has 0 unspecified atom stereocenters. The van der Waals surface area contributed by atoms with Gasteiger partial charge >= 0.3 is 0 Å². The maximum Gasteiger partial charge on any atom is 0.133 e. The number of fused-ring (bicyclic) bond motifs is 1. The van der Waals surface area contributed by atoms with Crippen LogP contribution in [0.2, 0.25) is 0 Å². The maximum absolute atomic E-state index is 9.34. The van der Waals surface area contributed by atoms with E-state index in [2.05, 4.69) is 10.3 Å². The quantitative estimate of drug-likeness (QED) is 0.865. The van der Waals surface area contributed by atoms with Crippen molar-refractivity contribution in [2.75, 3.05) is 25.6 Å². The lowest BCUT2D eigenvalue weighted by Crippen LogP contribution is -2.19. The minimum absolute atomic E-state index is 0.0797. The van der Waals surface area contributed by atoms with Crippen LogP contribution in [0.3, 0.4) is 0 Å². The number of nitrogens with one attached hydrogen (secondary N) is 1. The molecule has 2 N–H and O–H groups in total. The Morgan fingerprint density at radius 2 is 2.21 bits per heavy atom. The number of pyridine rings is 1. The third-order valence-corrected chi connectivity index (χ3v) is 3.89. The second-order valence-corrected chi connectivity index (χ2v) is 5.26. The molecule has 3 rings (SSSR count). The van der Waals surface area contributed by atoms with Crippen molar-refractivity contribution in [2.24, 2.45) is 5.41 Å². The fourth-order valence-electron chi connectivity index (χ4n) is 2.26. The van der Waals surface area contributed by atoms with Crippen molar-refractivity contribution in [3.63, 3.8) is 0 Å². The third kappa shape index (κ3) is 2.36. The van der Waals surface area contributed by atoms with Crippen molar-refractivity contribution in [1.82, 2.24) is 4.98 Å². The fourth-order valence-corrected chi connectivity index (χ4v) is 2.26. The molecule has 0 amide bonds. The van der Waals surface area contributed by atoms with E-state index >= 15 is 0 Å². The van der Waals surface area contributed by atoms with Crippen LogP contribution in [-0.2, 0) is 0 Å². The summed E-state index contributed by atoms with van der Waals surface area (Å²) in [6, 6.07) is 7.93. The Balaban J connectivity index is 1.86. The monoisotopic (exact) mass is 258 g/mol. The van der Waals surface area contributed by atoms with Crippen LogP contribution in [0.4, 0.5) is 5.82 Å². The SMILES string of the molecule is COc1ccc2c(NCC3(CO)CC3)nccc2c1. The highest BCUT2D eigenvalue weighted by atomic mass is 16.5. The number of benzene rings is 1. The summed E-state index contributed by atoms with van der Waals surface area (Å²) < 4.78 is 5.23. The summed E-state index contributed by atoms with van der Waals surface area (Å²) in [4.78, 5) is 4.39. The van der Waals surface area contributed by atoms with Crippen molar-refractivity contribution in [2.45, 2.75) is 12.8 Å². The van der Waals surface area contributed by atoms with Crippen LogP contribution in [0.25, 0.3) is 10.8 Å². The average molecular weight is 258 g/mol. The van der Waals surface area contributed by atoms with Crippen molar-refractivity contribution in [3.05, 3.63) is 30.5 Å². The summed E-state index contributed by atoms with van der Waals surface area (Å²) in [6.45, 7) is 1.03. The minimum Gasteiger partial charge on any atom is -0.497 e. The molecule has 100 valence electrons. The number of anilines is 1. The van der Waals surface area contributed by atoms with Crippen molar-refractivity contribution in [1.29, 1.82) is 0 Å². The number of ether oxygens (including phenoxy) is 1. The molecule has 1 aromatic carbocycles.